The molecule has 0 aliphatic carbocycles. The Bertz CT molecular complexity index is 528. The predicted octanol–water partition coefficient (Wildman–Crippen LogP) is 3.08. The van der Waals surface area contributed by atoms with Crippen LogP contribution in [0.3, 0.4) is 0 Å². The van der Waals surface area contributed by atoms with Gasteiger partial charge in [-0.15, -0.1) is 6.58 Å². The summed E-state index contributed by atoms with van der Waals surface area (Å²) in [6.07, 6.45) is 7.70. The molecule has 2 heterocycles. The molecule has 4 nitrogen and oxygen atoms in total. The summed E-state index contributed by atoms with van der Waals surface area (Å²) < 4.78 is 7.27. The van der Waals surface area contributed by atoms with E-state index in [0.717, 1.165) is 37.4 Å². The van der Waals surface area contributed by atoms with Gasteiger partial charge in [-0.25, -0.2) is 0 Å². The van der Waals surface area contributed by atoms with Gasteiger partial charge in [-0.3, -0.25) is 4.68 Å². The number of nitrogens with zero attached hydrogens (tertiary/aromatic N) is 2. The molecule has 0 unspecified atom stereocenters. The van der Waals surface area contributed by atoms with Crippen molar-refractivity contribution in [3.05, 3.63) is 54.3 Å². The molecule has 2 rings (SSSR count). The highest BCUT2D eigenvalue weighted by molar-refractivity contribution is 5.15. The summed E-state index contributed by atoms with van der Waals surface area (Å²) in [5, 5.41) is 7.99. The first-order chi connectivity index (χ1) is 9.69. The molecule has 0 aliphatic rings. The van der Waals surface area contributed by atoms with Gasteiger partial charge in [-0.1, -0.05) is 6.08 Å². The zero-order valence-electron chi connectivity index (χ0n) is 12.3. The minimum Gasteiger partial charge on any atom is -0.469 e. The zero-order valence-corrected chi connectivity index (χ0v) is 12.3. The number of aromatic nitrogens is 2. The molecular weight excluding hydrogens is 250 g/mol. The maximum atomic E-state index is 5.35. The van der Waals surface area contributed by atoms with E-state index in [2.05, 4.69) is 30.1 Å². The van der Waals surface area contributed by atoms with E-state index in [1.807, 2.05) is 29.8 Å². The van der Waals surface area contributed by atoms with Crippen LogP contribution in [0.4, 0.5) is 0 Å². The molecular formula is C16H23N3O. The largest absolute Gasteiger partial charge is 0.469 e. The van der Waals surface area contributed by atoms with Crippen molar-refractivity contribution in [1.29, 1.82) is 0 Å². The normalized spacial score (nSPS) is 12.5. The maximum absolute atomic E-state index is 5.35. The van der Waals surface area contributed by atoms with E-state index in [4.69, 9.17) is 4.42 Å². The number of rotatable bonds is 8. The van der Waals surface area contributed by atoms with Crippen LogP contribution >= 0.6 is 0 Å². The van der Waals surface area contributed by atoms with Crippen LogP contribution in [0.15, 0.2) is 41.7 Å². The molecule has 0 saturated heterocycles. The van der Waals surface area contributed by atoms with E-state index in [0.29, 0.717) is 6.04 Å². The molecule has 0 fully saturated rings. The van der Waals surface area contributed by atoms with Gasteiger partial charge >= 0.3 is 0 Å². The molecule has 20 heavy (non-hydrogen) atoms. The maximum Gasteiger partial charge on any atom is 0.103 e. The molecule has 1 atom stereocenters. The van der Waals surface area contributed by atoms with Gasteiger partial charge in [0.2, 0.25) is 0 Å². The van der Waals surface area contributed by atoms with Crippen LogP contribution in [0.5, 0.6) is 0 Å². The summed E-state index contributed by atoms with van der Waals surface area (Å²) in [5.41, 5.74) is 2.33. The number of hydrogen-bond acceptors (Lipinski definition) is 3. The molecule has 0 aliphatic heterocycles. The lowest BCUT2D eigenvalue weighted by molar-refractivity contribution is 0.459. The number of nitrogens with one attached hydrogen (secondary N) is 1. The van der Waals surface area contributed by atoms with Gasteiger partial charge < -0.3 is 9.73 Å². The fourth-order valence-electron chi connectivity index (χ4n) is 2.16. The SMILES string of the molecule is C=CCn1cc(CN[C@H](C)CCc2ccco2)c(C)n1. The van der Waals surface area contributed by atoms with Crippen LogP contribution < -0.4 is 5.32 Å². The van der Waals surface area contributed by atoms with Gasteiger partial charge in [0.25, 0.3) is 0 Å². The number of furan rings is 1. The van der Waals surface area contributed by atoms with Gasteiger partial charge in [-0.2, -0.15) is 5.10 Å². The van der Waals surface area contributed by atoms with Gasteiger partial charge in [0, 0.05) is 30.8 Å². The van der Waals surface area contributed by atoms with Gasteiger partial charge in [0.05, 0.1) is 18.5 Å². The van der Waals surface area contributed by atoms with Crippen molar-refractivity contribution >= 4 is 0 Å². The number of allylic oxidation sites excluding steroid dienone is 1. The third-order valence-corrected chi connectivity index (χ3v) is 3.41. The Hall–Kier alpha value is -1.81. The molecule has 1 N–H and O–H groups in total. The van der Waals surface area contributed by atoms with Crippen LogP contribution in [0.25, 0.3) is 0 Å². The lowest BCUT2D eigenvalue weighted by Crippen LogP contribution is -2.26. The molecule has 0 amide bonds. The van der Waals surface area contributed by atoms with E-state index in [9.17, 15) is 0 Å². The fraction of sp³-hybridized carbons (Fsp3) is 0.438. The van der Waals surface area contributed by atoms with E-state index in [1.165, 1.54) is 5.56 Å². The Morgan fingerprint density at radius 2 is 2.40 bits per heavy atom. The van der Waals surface area contributed by atoms with Gasteiger partial charge in [0.15, 0.2) is 0 Å². The lowest BCUT2D eigenvalue weighted by Gasteiger charge is -2.12. The van der Waals surface area contributed by atoms with Crippen molar-refractivity contribution in [1.82, 2.24) is 15.1 Å². The second-order valence-corrected chi connectivity index (χ2v) is 5.15. The first-order valence-electron chi connectivity index (χ1n) is 7.08. The summed E-state index contributed by atoms with van der Waals surface area (Å²) in [5.74, 6) is 1.05. The first-order valence-corrected chi connectivity index (χ1v) is 7.08. The summed E-state index contributed by atoms with van der Waals surface area (Å²) in [6.45, 7) is 9.59. The third kappa shape index (κ3) is 4.10. The topological polar surface area (TPSA) is 43.0 Å². The van der Waals surface area contributed by atoms with Crippen molar-refractivity contribution in [2.45, 2.75) is 45.8 Å². The van der Waals surface area contributed by atoms with Crippen molar-refractivity contribution in [3.8, 4) is 0 Å². The van der Waals surface area contributed by atoms with Crippen molar-refractivity contribution in [2.24, 2.45) is 0 Å². The highest BCUT2D eigenvalue weighted by Crippen LogP contribution is 2.08. The van der Waals surface area contributed by atoms with Crippen molar-refractivity contribution < 1.29 is 4.42 Å². The Morgan fingerprint density at radius 1 is 1.55 bits per heavy atom. The van der Waals surface area contributed by atoms with Crippen LogP contribution in [0.2, 0.25) is 0 Å². The average molecular weight is 273 g/mol. The summed E-state index contributed by atoms with van der Waals surface area (Å²) in [7, 11) is 0. The Labute approximate surface area is 120 Å². The second-order valence-electron chi connectivity index (χ2n) is 5.15. The number of hydrogen-bond donors (Lipinski definition) is 1. The van der Waals surface area contributed by atoms with Gasteiger partial charge in [0.1, 0.15) is 5.76 Å². The van der Waals surface area contributed by atoms with E-state index >= 15 is 0 Å². The summed E-state index contributed by atoms with van der Waals surface area (Å²) in [6, 6.07) is 4.41. The smallest absolute Gasteiger partial charge is 0.103 e. The van der Waals surface area contributed by atoms with E-state index < -0.39 is 0 Å². The second kappa shape index (κ2) is 7.10. The molecule has 0 bridgehead atoms. The molecule has 4 heteroatoms. The van der Waals surface area contributed by atoms with Crippen LogP contribution in [-0.4, -0.2) is 15.8 Å². The molecule has 0 spiro atoms. The summed E-state index contributed by atoms with van der Waals surface area (Å²) >= 11 is 0. The van der Waals surface area contributed by atoms with Crippen molar-refractivity contribution in [3.63, 3.8) is 0 Å². The standard InChI is InChI=1S/C16H23N3O/c1-4-9-19-12-15(14(3)18-19)11-17-13(2)7-8-16-6-5-10-20-16/h4-6,10,12-13,17H,1,7-9,11H2,2-3H3/t13-/m1/s1. The molecule has 2 aromatic rings. The molecule has 0 radical (unpaired) electrons. The number of aryl methyl sites for hydroxylation is 2. The first kappa shape index (κ1) is 14.6. The Kier molecular flexibility index (Phi) is 5.18. The minimum atomic E-state index is 0.447. The fourth-order valence-corrected chi connectivity index (χ4v) is 2.16. The molecule has 0 saturated carbocycles. The quantitative estimate of drug-likeness (QED) is 0.752. The highest BCUT2D eigenvalue weighted by atomic mass is 16.3. The lowest BCUT2D eigenvalue weighted by atomic mass is 10.1. The van der Waals surface area contributed by atoms with Crippen LogP contribution in [0, 0.1) is 6.92 Å². The van der Waals surface area contributed by atoms with E-state index in [-0.39, 0.29) is 0 Å². The van der Waals surface area contributed by atoms with Crippen LogP contribution in [-0.2, 0) is 19.5 Å². The predicted molar refractivity (Wildman–Crippen MR) is 80.5 cm³/mol. The molecule has 2 aromatic heterocycles. The third-order valence-electron chi connectivity index (χ3n) is 3.41. The van der Waals surface area contributed by atoms with Gasteiger partial charge in [-0.05, 0) is 32.4 Å². The molecule has 0 aromatic carbocycles. The average Bonchev–Trinajstić information content (AvgIpc) is 3.04. The van der Waals surface area contributed by atoms with Crippen molar-refractivity contribution in [2.75, 3.05) is 0 Å². The molecule has 108 valence electrons. The van der Waals surface area contributed by atoms with Crippen LogP contribution in [0.1, 0.15) is 30.4 Å². The highest BCUT2D eigenvalue weighted by Gasteiger charge is 2.07. The Morgan fingerprint density at radius 3 is 3.10 bits per heavy atom. The summed E-state index contributed by atoms with van der Waals surface area (Å²) in [4.78, 5) is 0. The monoisotopic (exact) mass is 273 g/mol. The zero-order chi connectivity index (χ0) is 14.4. The minimum absolute atomic E-state index is 0.447. The van der Waals surface area contributed by atoms with E-state index in [1.54, 1.807) is 6.26 Å². The Balaban J connectivity index is 1.77.